The molecule has 0 fully saturated rings. The molecule has 3 unspecified atom stereocenters. The zero-order valence-electron chi connectivity index (χ0n) is 53.0. The van der Waals surface area contributed by atoms with Gasteiger partial charge in [-0.1, -0.05) is 267 Å². The molecule has 1 N–H and O–H groups in total. The number of amides is 1. The molecule has 0 bridgehead atoms. The van der Waals surface area contributed by atoms with E-state index in [1.165, 1.54) is 161 Å². The SMILES string of the molecule is CC/C=C/C/C=C/CCCCCCCCCC(=O)NC(COP(=O)([O-])OCC[N+](C)(C)C)C(/C=C\CCCCCCCCCCCCC)OC(=O)CCCCCCCCCCCCC/C=C\C/C=C\C/C=C\C/C=C\CCCCC. The second kappa shape index (κ2) is 59.4. The van der Waals surface area contributed by atoms with Crippen molar-refractivity contribution in [1.29, 1.82) is 0 Å². The molecule has 0 aliphatic rings. The number of rotatable bonds is 60. The van der Waals surface area contributed by atoms with Gasteiger partial charge in [-0.05, 0) is 102 Å². The number of nitrogens with one attached hydrogen (secondary N) is 1. The first-order chi connectivity index (χ1) is 38.9. The minimum Gasteiger partial charge on any atom is -0.756 e. The summed E-state index contributed by atoms with van der Waals surface area (Å²) < 4.78 is 30.4. The summed E-state index contributed by atoms with van der Waals surface area (Å²) >= 11 is 0. The van der Waals surface area contributed by atoms with Gasteiger partial charge in [-0.15, -0.1) is 0 Å². The fourth-order valence-corrected chi connectivity index (χ4v) is 10.1. The van der Waals surface area contributed by atoms with E-state index in [9.17, 15) is 19.0 Å². The van der Waals surface area contributed by atoms with Gasteiger partial charge in [-0.3, -0.25) is 14.2 Å². The number of hydrogen-bond donors (Lipinski definition) is 1. The van der Waals surface area contributed by atoms with E-state index < -0.39 is 26.6 Å². The molecule has 0 saturated carbocycles. The van der Waals surface area contributed by atoms with Crippen LogP contribution in [0.25, 0.3) is 0 Å². The summed E-state index contributed by atoms with van der Waals surface area (Å²) in [4.78, 5) is 40.1. The third-order valence-electron chi connectivity index (χ3n) is 14.6. The Morgan fingerprint density at radius 1 is 0.450 bits per heavy atom. The minimum absolute atomic E-state index is 0.0269. The molecule has 1 amide bonds. The van der Waals surface area contributed by atoms with Crippen LogP contribution in [0.3, 0.4) is 0 Å². The summed E-state index contributed by atoms with van der Waals surface area (Å²) in [6.45, 7) is 6.72. The van der Waals surface area contributed by atoms with Gasteiger partial charge in [0.25, 0.3) is 7.82 Å². The van der Waals surface area contributed by atoms with Gasteiger partial charge in [0.2, 0.25) is 5.91 Å². The topological polar surface area (TPSA) is 114 Å². The van der Waals surface area contributed by atoms with Gasteiger partial charge in [0.15, 0.2) is 0 Å². The third-order valence-corrected chi connectivity index (χ3v) is 15.5. The van der Waals surface area contributed by atoms with Gasteiger partial charge in [0, 0.05) is 12.8 Å². The lowest BCUT2D eigenvalue weighted by Crippen LogP contribution is -2.47. The van der Waals surface area contributed by atoms with Crippen molar-refractivity contribution in [1.82, 2.24) is 5.32 Å². The second-order valence-electron chi connectivity index (χ2n) is 23.6. The van der Waals surface area contributed by atoms with Crippen LogP contribution < -0.4 is 10.2 Å². The summed E-state index contributed by atoms with van der Waals surface area (Å²) in [6.07, 6.45) is 78.4. The van der Waals surface area contributed by atoms with Gasteiger partial charge in [-0.2, -0.15) is 0 Å². The van der Waals surface area contributed by atoms with Gasteiger partial charge < -0.3 is 28.5 Å². The number of phosphoric acid groups is 1. The monoisotopic (exact) mass is 1140 g/mol. The van der Waals surface area contributed by atoms with E-state index in [2.05, 4.69) is 99.0 Å². The first kappa shape index (κ1) is 77.2. The highest BCUT2D eigenvalue weighted by Gasteiger charge is 2.27. The number of esters is 1. The number of nitrogens with zero attached hydrogens (tertiary/aromatic N) is 1. The molecule has 0 aliphatic carbocycles. The quantitative estimate of drug-likeness (QED) is 0.0212. The molecule has 0 heterocycles. The fraction of sp³-hybridized carbons (Fsp3) is 0.771. The highest BCUT2D eigenvalue weighted by molar-refractivity contribution is 7.45. The first-order valence-electron chi connectivity index (χ1n) is 33.4. The van der Waals surface area contributed by atoms with E-state index in [4.69, 9.17) is 13.8 Å². The van der Waals surface area contributed by atoms with E-state index >= 15 is 0 Å². The van der Waals surface area contributed by atoms with E-state index in [-0.39, 0.29) is 24.9 Å². The number of ether oxygens (including phenoxy) is 1. The minimum atomic E-state index is -4.71. The number of hydrogen-bond acceptors (Lipinski definition) is 7. The summed E-state index contributed by atoms with van der Waals surface area (Å²) in [5, 5.41) is 3.03. The molecule has 0 radical (unpaired) electrons. The van der Waals surface area contributed by atoms with E-state index in [0.29, 0.717) is 17.4 Å². The van der Waals surface area contributed by atoms with Crippen LogP contribution >= 0.6 is 7.82 Å². The zero-order valence-corrected chi connectivity index (χ0v) is 53.9. The summed E-state index contributed by atoms with van der Waals surface area (Å²) in [6, 6.07) is -0.897. The largest absolute Gasteiger partial charge is 0.756 e. The average molecular weight is 1140 g/mol. The average Bonchev–Trinajstić information content (AvgIpc) is 3.42. The number of carbonyl (C=O) groups is 2. The van der Waals surface area contributed by atoms with Crippen LogP contribution in [0.15, 0.2) is 85.1 Å². The fourth-order valence-electron chi connectivity index (χ4n) is 9.43. The van der Waals surface area contributed by atoms with Crippen LogP contribution in [0, 0.1) is 0 Å². The predicted molar refractivity (Wildman–Crippen MR) is 344 cm³/mol. The van der Waals surface area contributed by atoms with Gasteiger partial charge >= 0.3 is 5.97 Å². The molecule has 0 aromatic rings. The molecule has 0 aromatic carbocycles. The third kappa shape index (κ3) is 59.8. The molecule has 9 nitrogen and oxygen atoms in total. The summed E-state index contributed by atoms with van der Waals surface area (Å²) in [5.74, 6) is -0.551. The predicted octanol–water partition coefficient (Wildman–Crippen LogP) is 20.3. The summed E-state index contributed by atoms with van der Waals surface area (Å²) in [5.41, 5.74) is 0. The van der Waals surface area contributed by atoms with Crippen LogP contribution in [0.4, 0.5) is 0 Å². The van der Waals surface area contributed by atoms with Crippen LogP contribution in [0.2, 0.25) is 0 Å². The van der Waals surface area contributed by atoms with Gasteiger partial charge in [0.05, 0.1) is 33.8 Å². The number of allylic oxidation sites excluding steroid dienone is 13. The van der Waals surface area contributed by atoms with Crippen molar-refractivity contribution in [3.05, 3.63) is 85.1 Å². The Kier molecular flexibility index (Phi) is 57.3. The molecule has 0 aromatic heterocycles. The molecule has 0 aliphatic heterocycles. The Bertz CT molecular complexity index is 1640. The standard InChI is InChI=1S/C70H127N2O7P/c1-7-10-13-16-19-22-25-28-30-31-32-33-34-35-36-37-38-39-40-41-42-45-48-51-54-57-60-63-70(74)79-68(61-58-55-52-49-46-43-27-24-21-18-15-12-9-3)67(66-78-80(75,76)77-65-64-72(4,5)6)71-69(73)62-59-56-53-50-47-44-29-26-23-20-17-14-11-8-2/h11,14,19-20,22-23,28,30,32-33,35-36,58,61,67-68H,7-10,12-13,15-18,21,24-27,29,31,34,37-57,59-60,62-66H2,1-6H3,(H-,71,73,75,76)/b14-11+,22-19-,23-20+,30-28-,33-32-,36-35-,61-58-. The highest BCUT2D eigenvalue weighted by atomic mass is 31.2. The van der Waals surface area contributed by atoms with Gasteiger partial charge in [0.1, 0.15) is 19.3 Å². The molecule has 0 rings (SSSR count). The van der Waals surface area contributed by atoms with Crippen molar-refractivity contribution in [2.45, 2.75) is 309 Å². The molecule has 464 valence electrons. The van der Waals surface area contributed by atoms with Crippen molar-refractivity contribution in [2.75, 3.05) is 40.9 Å². The van der Waals surface area contributed by atoms with Crippen molar-refractivity contribution in [3.63, 3.8) is 0 Å². The molecule has 0 spiro atoms. The molecular weight excluding hydrogens is 1010 g/mol. The number of likely N-dealkylation sites (N-methyl/N-ethyl adjacent to an activating group) is 1. The van der Waals surface area contributed by atoms with Crippen molar-refractivity contribution >= 4 is 19.7 Å². The molecule has 80 heavy (non-hydrogen) atoms. The maximum absolute atomic E-state index is 13.5. The zero-order chi connectivity index (χ0) is 58.6. The van der Waals surface area contributed by atoms with Crippen LogP contribution in [0.5, 0.6) is 0 Å². The number of phosphoric ester groups is 1. The Labute approximate surface area is 495 Å². The van der Waals surface area contributed by atoms with E-state index in [1.54, 1.807) is 0 Å². The molecule has 3 atom stereocenters. The normalized spacial score (nSPS) is 14.1. The molecule has 0 saturated heterocycles. The van der Waals surface area contributed by atoms with Crippen LogP contribution in [0.1, 0.15) is 297 Å². The van der Waals surface area contributed by atoms with Crippen molar-refractivity contribution in [3.8, 4) is 0 Å². The Balaban J connectivity index is 5.10. The Morgan fingerprint density at radius 3 is 1.23 bits per heavy atom. The van der Waals surface area contributed by atoms with Crippen molar-refractivity contribution in [2.24, 2.45) is 0 Å². The Hall–Kier alpha value is -2.81. The van der Waals surface area contributed by atoms with E-state index in [0.717, 1.165) is 103 Å². The maximum Gasteiger partial charge on any atom is 0.306 e. The van der Waals surface area contributed by atoms with Gasteiger partial charge in [-0.25, -0.2) is 0 Å². The smallest absolute Gasteiger partial charge is 0.306 e. The lowest BCUT2D eigenvalue weighted by molar-refractivity contribution is -0.870. The molecular formula is C70H127N2O7P. The lowest BCUT2D eigenvalue weighted by atomic mass is 10.0. The number of quaternary nitrogens is 1. The van der Waals surface area contributed by atoms with Crippen molar-refractivity contribution < 1.29 is 37.3 Å². The summed E-state index contributed by atoms with van der Waals surface area (Å²) in [7, 11) is 1.17. The van der Waals surface area contributed by atoms with E-state index in [1.807, 2.05) is 33.3 Å². The Morgan fingerprint density at radius 2 is 0.800 bits per heavy atom. The molecule has 10 heteroatoms. The maximum atomic E-state index is 13.5. The second-order valence-corrected chi connectivity index (χ2v) is 25.0. The highest BCUT2D eigenvalue weighted by Crippen LogP contribution is 2.38. The number of carbonyl (C=O) groups excluding carboxylic acids is 2. The lowest BCUT2D eigenvalue weighted by Gasteiger charge is -2.30. The first-order valence-corrected chi connectivity index (χ1v) is 34.9. The number of unbranched alkanes of at least 4 members (excludes halogenated alkanes) is 32. The van der Waals surface area contributed by atoms with Crippen LogP contribution in [-0.2, 0) is 27.9 Å². The van der Waals surface area contributed by atoms with Crippen LogP contribution in [-0.4, -0.2) is 69.4 Å².